The number of aryl methyl sites for hydroxylation is 1. The van der Waals surface area contributed by atoms with E-state index in [0.717, 1.165) is 0 Å². The lowest BCUT2D eigenvalue weighted by Crippen LogP contribution is -2.27. The number of nitrogens with one attached hydrogen (secondary N) is 1. The second-order valence-electron chi connectivity index (χ2n) is 5.09. The summed E-state index contributed by atoms with van der Waals surface area (Å²) >= 11 is 3.05. The van der Waals surface area contributed by atoms with Gasteiger partial charge in [-0.1, -0.05) is 0 Å². The molecule has 2 rings (SSSR count). The van der Waals surface area contributed by atoms with E-state index in [4.69, 9.17) is 5.73 Å². The van der Waals surface area contributed by atoms with E-state index >= 15 is 0 Å². The molecule has 2 aromatic heterocycles. The van der Waals surface area contributed by atoms with Crippen molar-refractivity contribution < 1.29 is 18.4 Å². The van der Waals surface area contributed by atoms with Crippen molar-refractivity contribution in [2.24, 2.45) is 12.8 Å². The second-order valence-corrected chi connectivity index (χ2v) is 5.88. The molecule has 130 valence electrons. The van der Waals surface area contributed by atoms with Gasteiger partial charge >= 0.3 is 0 Å². The van der Waals surface area contributed by atoms with Gasteiger partial charge in [0.25, 0.3) is 12.3 Å². The van der Waals surface area contributed by atoms with Crippen LogP contribution >= 0.6 is 15.9 Å². The summed E-state index contributed by atoms with van der Waals surface area (Å²) in [5.41, 5.74) is 5.36. The van der Waals surface area contributed by atoms with Crippen molar-refractivity contribution in [3.63, 3.8) is 0 Å². The van der Waals surface area contributed by atoms with Gasteiger partial charge in [0.05, 0.1) is 22.1 Å². The normalized spacial score (nSPS) is 12.5. The smallest absolute Gasteiger partial charge is 0.283 e. The van der Waals surface area contributed by atoms with Crippen LogP contribution in [0.2, 0.25) is 0 Å². The molecule has 1 atom stereocenters. The maximum Gasteiger partial charge on any atom is 0.283 e. The number of hydrogen-bond donors (Lipinski definition) is 2. The largest absolute Gasteiger partial charge is 0.364 e. The minimum absolute atomic E-state index is 0.0298. The Morgan fingerprint density at radius 2 is 2.04 bits per heavy atom. The van der Waals surface area contributed by atoms with E-state index in [-0.39, 0.29) is 15.9 Å². The Labute approximate surface area is 144 Å². The number of rotatable bonds is 5. The third kappa shape index (κ3) is 3.16. The quantitative estimate of drug-likeness (QED) is 0.793. The highest BCUT2D eigenvalue weighted by atomic mass is 79.9. The van der Waals surface area contributed by atoms with Gasteiger partial charge in [-0.05, 0) is 29.8 Å². The Bertz CT molecular complexity index is 801. The highest BCUT2D eigenvalue weighted by Gasteiger charge is 2.26. The number of anilines is 1. The number of carbonyl (C=O) groups is 2. The third-order valence-electron chi connectivity index (χ3n) is 3.48. The van der Waals surface area contributed by atoms with Crippen LogP contribution in [0.3, 0.4) is 0 Å². The van der Waals surface area contributed by atoms with E-state index in [1.165, 1.54) is 29.5 Å². The first kappa shape index (κ1) is 18.0. The Balaban J connectivity index is 2.28. The average molecular weight is 405 g/mol. The summed E-state index contributed by atoms with van der Waals surface area (Å²) in [7, 11) is 1.50. The molecule has 0 aliphatic heterocycles. The van der Waals surface area contributed by atoms with Crippen molar-refractivity contribution in [2.75, 3.05) is 5.32 Å². The Kier molecular flexibility index (Phi) is 5.02. The summed E-state index contributed by atoms with van der Waals surface area (Å²) in [5.74, 6) is -1.31. The number of nitrogens with zero attached hydrogens (tertiary/aromatic N) is 4. The van der Waals surface area contributed by atoms with Gasteiger partial charge in [0, 0.05) is 7.05 Å². The molecule has 8 nitrogen and oxygen atoms in total. The second kappa shape index (κ2) is 6.67. The summed E-state index contributed by atoms with van der Waals surface area (Å²) in [6.45, 7) is 3.06. The van der Waals surface area contributed by atoms with Crippen LogP contribution in [-0.4, -0.2) is 31.4 Å². The number of primary amides is 1. The molecule has 0 saturated heterocycles. The lowest BCUT2D eigenvalue weighted by molar-refractivity contribution is -0.119. The van der Waals surface area contributed by atoms with Gasteiger partial charge in [-0.3, -0.25) is 19.0 Å². The van der Waals surface area contributed by atoms with Crippen LogP contribution in [0.25, 0.3) is 0 Å². The average Bonchev–Trinajstić information content (AvgIpc) is 3.00. The van der Waals surface area contributed by atoms with Crippen molar-refractivity contribution in [1.82, 2.24) is 19.6 Å². The highest BCUT2D eigenvalue weighted by molar-refractivity contribution is 9.10. The minimum Gasteiger partial charge on any atom is -0.364 e. The third-order valence-corrected chi connectivity index (χ3v) is 4.46. The molecule has 0 radical (unpaired) electrons. The van der Waals surface area contributed by atoms with E-state index in [0.29, 0.717) is 5.69 Å². The first-order valence-corrected chi connectivity index (χ1v) is 7.59. The zero-order valence-corrected chi connectivity index (χ0v) is 14.6. The first-order chi connectivity index (χ1) is 11.1. The molecule has 0 fully saturated rings. The highest BCUT2D eigenvalue weighted by Crippen LogP contribution is 2.30. The number of aromatic nitrogens is 4. The lowest BCUT2D eigenvalue weighted by atomic mass is 10.2. The van der Waals surface area contributed by atoms with Crippen molar-refractivity contribution in [2.45, 2.75) is 26.3 Å². The van der Waals surface area contributed by atoms with Crippen LogP contribution in [0.4, 0.5) is 14.5 Å². The first-order valence-electron chi connectivity index (χ1n) is 6.80. The summed E-state index contributed by atoms with van der Waals surface area (Å²) < 4.78 is 28.4. The van der Waals surface area contributed by atoms with E-state index in [9.17, 15) is 18.4 Å². The molecule has 0 bridgehead atoms. The topological polar surface area (TPSA) is 108 Å². The number of alkyl halides is 2. The molecular formula is C13H15BrF2N6O2. The van der Waals surface area contributed by atoms with Gasteiger partial charge in [-0.25, -0.2) is 8.78 Å². The van der Waals surface area contributed by atoms with Crippen molar-refractivity contribution in [1.29, 1.82) is 0 Å². The monoisotopic (exact) mass is 404 g/mol. The van der Waals surface area contributed by atoms with Gasteiger partial charge in [0.2, 0.25) is 5.91 Å². The number of hydrogen-bond acceptors (Lipinski definition) is 4. The molecule has 0 spiro atoms. The summed E-state index contributed by atoms with van der Waals surface area (Å²) in [5, 5.41) is 10.1. The fourth-order valence-corrected chi connectivity index (χ4v) is 2.64. The predicted octanol–water partition coefficient (Wildman–Crippen LogP) is 1.92. The molecule has 2 heterocycles. The van der Waals surface area contributed by atoms with E-state index in [1.807, 2.05) is 0 Å². The van der Waals surface area contributed by atoms with Crippen molar-refractivity contribution >= 4 is 33.4 Å². The molecule has 0 aliphatic rings. The van der Waals surface area contributed by atoms with Crippen LogP contribution in [0.5, 0.6) is 0 Å². The summed E-state index contributed by atoms with van der Waals surface area (Å²) in [4.78, 5) is 23.8. The number of halogens is 3. The molecule has 2 aromatic rings. The summed E-state index contributed by atoms with van der Waals surface area (Å²) in [6, 6.07) is -0.894. The lowest BCUT2D eigenvalue weighted by Gasteiger charge is -2.14. The molecule has 0 saturated carbocycles. The Morgan fingerprint density at radius 3 is 2.54 bits per heavy atom. The van der Waals surface area contributed by atoms with E-state index in [2.05, 4.69) is 31.4 Å². The van der Waals surface area contributed by atoms with Crippen LogP contribution in [-0.2, 0) is 11.8 Å². The number of amides is 2. The molecule has 2 amide bonds. The van der Waals surface area contributed by atoms with Gasteiger partial charge in [-0.15, -0.1) is 0 Å². The van der Waals surface area contributed by atoms with Crippen LogP contribution in [0.15, 0.2) is 10.7 Å². The van der Waals surface area contributed by atoms with E-state index in [1.54, 1.807) is 6.92 Å². The Hall–Kier alpha value is -2.30. The fraction of sp³-hybridized carbons (Fsp3) is 0.385. The van der Waals surface area contributed by atoms with Gasteiger partial charge in [0.15, 0.2) is 0 Å². The van der Waals surface area contributed by atoms with Crippen LogP contribution < -0.4 is 11.1 Å². The molecule has 24 heavy (non-hydrogen) atoms. The van der Waals surface area contributed by atoms with Gasteiger partial charge < -0.3 is 11.1 Å². The SMILES string of the molecule is Cc1c(Br)c(C(F)F)nn1[C@@H](C)C(=O)Nc1cnn(C)c1C(N)=O. The molecule has 0 unspecified atom stereocenters. The molecule has 11 heteroatoms. The maximum absolute atomic E-state index is 12.9. The number of carbonyl (C=O) groups excluding carboxylic acids is 2. The van der Waals surface area contributed by atoms with Gasteiger partial charge in [-0.2, -0.15) is 10.2 Å². The fourth-order valence-electron chi connectivity index (χ4n) is 2.21. The summed E-state index contributed by atoms with van der Waals surface area (Å²) in [6.07, 6.45) is -1.49. The zero-order chi connectivity index (χ0) is 18.2. The molecule has 3 N–H and O–H groups in total. The molecular weight excluding hydrogens is 390 g/mol. The van der Waals surface area contributed by atoms with Crippen molar-refractivity contribution in [3.05, 3.63) is 27.8 Å². The van der Waals surface area contributed by atoms with Gasteiger partial charge in [0.1, 0.15) is 17.4 Å². The standard InChI is InChI=1S/C13H15BrF2N6O2/c1-5-8(14)9(11(15)16)20-22(5)6(2)13(24)19-7-4-18-21(3)10(7)12(17)23/h4,6,11H,1-3H3,(H2,17,23)(H,19,24)/t6-/m0/s1. The zero-order valence-electron chi connectivity index (χ0n) is 13.0. The van der Waals surface area contributed by atoms with Crippen LogP contribution in [0, 0.1) is 6.92 Å². The maximum atomic E-state index is 12.9. The molecule has 0 aromatic carbocycles. The minimum atomic E-state index is -2.77. The molecule has 0 aliphatic carbocycles. The van der Waals surface area contributed by atoms with Crippen molar-refractivity contribution in [3.8, 4) is 0 Å². The number of nitrogens with two attached hydrogens (primary N) is 1. The van der Waals surface area contributed by atoms with E-state index < -0.39 is 30.0 Å². The predicted molar refractivity (Wildman–Crippen MR) is 84.7 cm³/mol. The van der Waals surface area contributed by atoms with Crippen LogP contribution in [0.1, 0.15) is 41.3 Å². The Morgan fingerprint density at radius 1 is 1.42 bits per heavy atom.